The van der Waals surface area contributed by atoms with Gasteiger partial charge in [0.25, 0.3) is 0 Å². The van der Waals surface area contributed by atoms with Crippen LogP contribution in [0, 0.1) is 0 Å². The summed E-state index contributed by atoms with van der Waals surface area (Å²) in [6.07, 6.45) is 2.11. The second-order valence-electron chi connectivity index (χ2n) is 3.78. The summed E-state index contributed by atoms with van der Waals surface area (Å²) in [5.74, 6) is -0.0166. The van der Waals surface area contributed by atoms with Gasteiger partial charge in [-0.25, -0.2) is 0 Å². The summed E-state index contributed by atoms with van der Waals surface area (Å²) < 4.78 is 0. The number of amides is 1. The Labute approximate surface area is 111 Å². The van der Waals surface area contributed by atoms with E-state index in [9.17, 15) is 4.79 Å². The first-order chi connectivity index (χ1) is 8.72. The number of carbonyl (C=O) groups is 1. The summed E-state index contributed by atoms with van der Waals surface area (Å²) in [7, 11) is 0. The Morgan fingerprint density at radius 2 is 2.11 bits per heavy atom. The molecule has 6 heteroatoms. The molecule has 1 rings (SSSR count). The van der Waals surface area contributed by atoms with Gasteiger partial charge in [-0.3, -0.25) is 4.79 Å². The minimum Gasteiger partial charge on any atom is -0.356 e. The van der Waals surface area contributed by atoms with Crippen LogP contribution in [-0.2, 0) is 11.2 Å². The van der Waals surface area contributed by atoms with Gasteiger partial charge in [-0.15, -0.1) is 0 Å². The average molecular weight is 267 g/mol. The van der Waals surface area contributed by atoms with E-state index in [1.807, 2.05) is 24.3 Å². The van der Waals surface area contributed by atoms with Gasteiger partial charge in [0.05, 0.1) is 0 Å². The van der Waals surface area contributed by atoms with Crippen LogP contribution in [0.3, 0.4) is 0 Å². The van der Waals surface area contributed by atoms with Crippen molar-refractivity contribution in [2.75, 3.05) is 13.1 Å². The molecule has 96 valence electrons. The lowest BCUT2D eigenvalue weighted by atomic mass is 10.1. The second-order valence-corrected chi connectivity index (χ2v) is 4.22. The lowest BCUT2D eigenvalue weighted by Gasteiger charge is -2.03. The average Bonchev–Trinajstić information content (AvgIpc) is 2.37. The van der Waals surface area contributed by atoms with Crippen molar-refractivity contribution in [1.82, 2.24) is 5.32 Å². The van der Waals surface area contributed by atoms with E-state index in [2.05, 4.69) is 15.3 Å². The van der Waals surface area contributed by atoms with Crippen molar-refractivity contribution >= 4 is 17.5 Å². The van der Waals surface area contributed by atoms with Gasteiger partial charge in [-0.1, -0.05) is 28.8 Å². The van der Waals surface area contributed by atoms with Crippen LogP contribution in [0.2, 0.25) is 5.02 Å². The molecule has 0 saturated carbocycles. The molecule has 0 aliphatic heterocycles. The summed E-state index contributed by atoms with van der Waals surface area (Å²) >= 11 is 5.78. The number of hydrogen-bond donors (Lipinski definition) is 1. The van der Waals surface area contributed by atoms with Crippen LogP contribution in [0.5, 0.6) is 0 Å². The van der Waals surface area contributed by atoms with E-state index in [4.69, 9.17) is 17.1 Å². The summed E-state index contributed by atoms with van der Waals surface area (Å²) in [5, 5.41) is 6.74. The number of benzene rings is 1. The van der Waals surface area contributed by atoms with Crippen molar-refractivity contribution in [3.05, 3.63) is 45.3 Å². The quantitative estimate of drug-likeness (QED) is 0.350. The molecule has 1 aromatic rings. The van der Waals surface area contributed by atoms with Crippen molar-refractivity contribution in [1.29, 1.82) is 0 Å². The van der Waals surface area contributed by atoms with Crippen LogP contribution in [0.15, 0.2) is 29.4 Å². The van der Waals surface area contributed by atoms with Gasteiger partial charge in [0.1, 0.15) is 0 Å². The number of aryl methyl sites for hydroxylation is 1. The highest BCUT2D eigenvalue weighted by molar-refractivity contribution is 6.30. The Morgan fingerprint density at radius 3 is 2.78 bits per heavy atom. The largest absolute Gasteiger partial charge is 0.356 e. The van der Waals surface area contributed by atoms with Crippen LogP contribution in [0.25, 0.3) is 10.4 Å². The van der Waals surface area contributed by atoms with Gasteiger partial charge in [-0.05, 0) is 36.1 Å². The van der Waals surface area contributed by atoms with Gasteiger partial charge in [0, 0.05) is 29.4 Å². The number of nitrogens with zero attached hydrogens (tertiary/aromatic N) is 3. The molecule has 5 nitrogen and oxygen atoms in total. The van der Waals surface area contributed by atoms with Crippen molar-refractivity contribution in [2.24, 2.45) is 5.11 Å². The molecule has 0 spiro atoms. The van der Waals surface area contributed by atoms with Crippen LogP contribution < -0.4 is 5.32 Å². The fraction of sp³-hybridized carbons (Fsp3) is 0.417. The van der Waals surface area contributed by atoms with Gasteiger partial charge in [-0.2, -0.15) is 0 Å². The van der Waals surface area contributed by atoms with Crippen molar-refractivity contribution in [2.45, 2.75) is 19.3 Å². The fourth-order valence-electron chi connectivity index (χ4n) is 1.48. The van der Waals surface area contributed by atoms with Crippen molar-refractivity contribution in [3.8, 4) is 0 Å². The summed E-state index contributed by atoms with van der Waals surface area (Å²) in [6.45, 7) is 0.684. The highest BCUT2D eigenvalue weighted by Gasteiger charge is 2.00. The highest BCUT2D eigenvalue weighted by Crippen LogP contribution is 2.11. The molecule has 0 atom stereocenters. The minimum absolute atomic E-state index is 0.0166. The SMILES string of the molecule is [N-]=[N+]=NCCNC(=O)CCCc1ccc(Cl)cc1. The van der Waals surface area contributed by atoms with Gasteiger partial charge < -0.3 is 5.32 Å². The predicted octanol–water partition coefficient (Wildman–Crippen LogP) is 3.09. The summed E-state index contributed by atoms with van der Waals surface area (Å²) in [4.78, 5) is 14.0. The molecule has 1 aromatic carbocycles. The van der Waals surface area contributed by atoms with Gasteiger partial charge in [0.15, 0.2) is 0 Å². The zero-order valence-corrected chi connectivity index (χ0v) is 10.7. The molecule has 0 aliphatic rings. The van der Waals surface area contributed by atoms with E-state index in [1.165, 1.54) is 5.56 Å². The van der Waals surface area contributed by atoms with Gasteiger partial charge >= 0.3 is 0 Å². The fourth-order valence-corrected chi connectivity index (χ4v) is 1.61. The molecule has 18 heavy (non-hydrogen) atoms. The maximum absolute atomic E-state index is 11.4. The first kappa shape index (κ1) is 14.4. The van der Waals surface area contributed by atoms with E-state index in [1.54, 1.807) is 0 Å². The van der Waals surface area contributed by atoms with Crippen molar-refractivity contribution in [3.63, 3.8) is 0 Å². The van der Waals surface area contributed by atoms with Crippen LogP contribution in [-0.4, -0.2) is 19.0 Å². The normalized spacial score (nSPS) is 9.61. The third kappa shape index (κ3) is 6.13. The Morgan fingerprint density at radius 1 is 1.39 bits per heavy atom. The Balaban J connectivity index is 2.15. The molecule has 0 radical (unpaired) electrons. The smallest absolute Gasteiger partial charge is 0.220 e. The Hall–Kier alpha value is -1.71. The third-order valence-electron chi connectivity index (χ3n) is 2.38. The Bertz CT molecular complexity index is 426. The second kappa shape index (κ2) is 8.39. The number of halogens is 1. The van der Waals surface area contributed by atoms with E-state index in [0.717, 1.165) is 17.9 Å². The van der Waals surface area contributed by atoms with E-state index in [0.29, 0.717) is 19.5 Å². The molecular formula is C12H15ClN4O. The topological polar surface area (TPSA) is 77.9 Å². The number of carbonyl (C=O) groups excluding carboxylic acids is 1. The van der Waals surface area contributed by atoms with E-state index in [-0.39, 0.29) is 5.91 Å². The summed E-state index contributed by atoms with van der Waals surface area (Å²) in [5.41, 5.74) is 9.22. The maximum atomic E-state index is 11.4. The monoisotopic (exact) mass is 266 g/mol. The third-order valence-corrected chi connectivity index (χ3v) is 2.63. The van der Waals surface area contributed by atoms with E-state index < -0.39 is 0 Å². The zero-order valence-electron chi connectivity index (χ0n) is 9.97. The lowest BCUT2D eigenvalue weighted by molar-refractivity contribution is -0.121. The zero-order chi connectivity index (χ0) is 13.2. The van der Waals surface area contributed by atoms with E-state index >= 15 is 0 Å². The molecule has 0 saturated heterocycles. The summed E-state index contributed by atoms with van der Waals surface area (Å²) in [6, 6.07) is 7.61. The van der Waals surface area contributed by atoms with Gasteiger partial charge in [0.2, 0.25) is 5.91 Å². The first-order valence-electron chi connectivity index (χ1n) is 5.74. The molecule has 1 amide bonds. The Kier molecular flexibility index (Phi) is 6.69. The number of azide groups is 1. The van der Waals surface area contributed by atoms with Crippen LogP contribution in [0.1, 0.15) is 18.4 Å². The molecule has 0 aromatic heterocycles. The molecular weight excluding hydrogens is 252 g/mol. The molecule has 0 heterocycles. The molecule has 0 aliphatic carbocycles. The van der Waals surface area contributed by atoms with Crippen LogP contribution in [0.4, 0.5) is 0 Å². The molecule has 0 bridgehead atoms. The minimum atomic E-state index is -0.0166. The molecule has 0 unspecified atom stereocenters. The number of rotatable bonds is 7. The molecule has 0 fully saturated rings. The van der Waals surface area contributed by atoms with Crippen LogP contribution >= 0.6 is 11.6 Å². The lowest BCUT2D eigenvalue weighted by Crippen LogP contribution is -2.25. The first-order valence-corrected chi connectivity index (χ1v) is 6.12. The number of nitrogens with one attached hydrogen (secondary N) is 1. The van der Waals surface area contributed by atoms with Crippen molar-refractivity contribution < 1.29 is 4.79 Å². The molecule has 1 N–H and O–H groups in total. The predicted molar refractivity (Wildman–Crippen MR) is 71.4 cm³/mol. The highest BCUT2D eigenvalue weighted by atomic mass is 35.5. The standard InChI is InChI=1S/C12H15ClN4O/c13-11-6-4-10(5-7-11)2-1-3-12(18)15-8-9-16-17-14/h4-7H,1-3,8-9H2,(H,15,18). The maximum Gasteiger partial charge on any atom is 0.220 e. The number of hydrogen-bond acceptors (Lipinski definition) is 2.